The van der Waals surface area contributed by atoms with Crippen molar-refractivity contribution in [3.05, 3.63) is 22.4 Å². The van der Waals surface area contributed by atoms with Gasteiger partial charge in [0.25, 0.3) is 0 Å². The van der Waals surface area contributed by atoms with E-state index in [0.29, 0.717) is 12.5 Å². The third-order valence-corrected chi connectivity index (χ3v) is 4.34. The average molecular weight is 252 g/mol. The number of nitrogens with two attached hydrogens (primary N) is 1. The lowest BCUT2D eigenvalue weighted by Crippen LogP contribution is -2.48. The molecule has 1 amide bonds. The van der Waals surface area contributed by atoms with Gasteiger partial charge in [-0.3, -0.25) is 4.79 Å². The van der Waals surface area contributed by atoms with E-state index in [1.807, 2.05) is 11.0 Å². The summed E-state index contributed by atoms with van der Waals surface area (Å²) >= 11 is 1.72. The molecule has 0 saturated carbocycles. The number of nitrogens with zero attached hydrogens (tertiary/aromatic N) is 1. The molecule has 1 aromatic rings. The Morgan fingerprint density at radius 3 is 3.12 bits per heavy atom. The van der Waals surface area contributed by atoms with Crippen LogP contribution < -0.4 is 5.73 Å². The van der Waals surface area contributed by atoms with Crippen LogP contribution in [0.3, 0.4) is 0 Å². The van der Waals surface area contributed by atoms with Crippen LogP contribution in [0, 0.1) is 0 Å². The molecule has 1 aliphatic heterocycles. The Bertz CT molecular complexity index is 364. The SMILES string of the molecule is C[C@@H]1C[C@@H](N)CCN1C(=O)CCc1cccs1. The molecule has 2 heterocycles. The molecule has 3 nitrogen and oxygen atoms in total. The zero-order valence-corrected chi connectivity index (χ0v) is 11.1. The van der Waals surface area contributed by atoms with Gasteiger partial charge in [0.1, 0.15) is 0 Å². The number of piperidine rings is 1. The zero-order chi connectivity index (χ0) is 12.3. The van der Waals surface area contributed by atoms with Crippen molar-refractivity contribution in [2.75, 3.05) is 6.54 Å². The standard InChI is InChI=1S/C13H20N2OS/c1-10-9-11(14)6-7-15(10)13(16)5-4-12-3-2-8-17-12/h2-3,8,10-11H,4-7,9,14H2,1H3/t10-,11+/m1/s1. The summed E-state index contributed by atoms with van der Waals surface area (Å²) in [6, 6.07) is 4.70. The fourth-order valence-electron chi connectivity index (χ4n) is 2.41. The van der Waals surface area contributed by atoms with Crippen LogP contribution in [0.4, 0.5) is 0 Å². The Hall–Kier alpha value is -0.870. The van der Waals surface area contributed by atoms with Crippen LogP contribution in [0.5, 0.6) is 0 Å². The van der Waals surface area contributed by atoms with Gasteiger partial charge in [-0.25, -0.2) is 0 Å². The monoisotopic (exact) mass is 252 g/mol. The number of thiophene rings is 1. The topological polar surface area (TPSA) is 46.3 Å². The second-order valence-corrected chi connectivity index (χ2v) is 5.83. The molecule has 0 spiro atoms. The van der Waals surface area contributed by atoms with E-state index in [-0.39, 0.29) is 11.9 Å². The number of hydrogen-bond acceptors (Lipinski definition) is 3. The highest BCUT2D eigenvalue weighted by atomic mass is 32.1. The molecule has 0 bridgehead atoms. The van der Waals surface area contributed by atoms with E-state index in [2.05, 4.69) is 18.4 Å². The lowest BCUT2D eigenvalue weighted by Gasteiger charge is -2.36. The van der Waals surface area contributed by atoms with Crippen molar-refractivity contribution < 1.29 is 4.79 Å². The van der Waals surface area contributed by atoms with Crippen LogP contribution in [0.15, 0.2) is 17.5 Å². The second-order valence-electron chi connectivity index (χ2n) is 4.80. The molecule has 0 unspecified atom stereocenters. The van der Waals surface area contributed by atoms with Crippen molar-refractivity contribution in [1.82, 2.24) is 4.90 Å². The molecule has 0 radical (unpaired) electrons. The molecule has 2 atom stereocenters. The maximum atomic E-state index is 12.1. The Balaban J connectivity index is 1.83. The first-order chi connectivity index (χ1) is 8.16. The second kappa shape index (κ2) is 5.65. The molecule has 1 aliphatic rings. The smallest absolute Gasteiger partial charge is 0.223 e. The number of carbonyl (C=O) groups is 1. The molecule has 0 aromatic carbocycles. The Kier molecular flexibility index (Phi) is 4.18. The predicted octanol–water partition coefficient (Wildman–Crippen LogP) is 2.02. The van der Waals surface area contributed by atoms with Gasteiger partial charge in [-0.05, 0) is 37.6 Å². The summed E-state index contributed by atoms with van der Waals surface area (Å²) in [7, 11) is 0. The van der Waals surface area contributed by atoms with Crippen molar-refractivity contribution in [3.63, 3.8) is 0 Å². The minimum absolute atomic E-state index is 0.270. The van der Waals surface area contributed by atoms with Crippen LogP contribution in [-0.2, 0) is 11.2 Å². The molecule has 17 heavy (non-hydrogen) atoms. The maximum Gasteiger partial charge on any atom is 0.223 e. The average Bonchev–Trinajstić information content (AvgIpc) is 2.78. The van der Waals surface area contributed by atoms with Crippen molar-refractivity contribution >= 4 is 17.2 Å². The molecule has 0 aliphatic carbocycles. The molecule has 94 valence electrons. The quantitative estimate of drug-likeness (QED) is 0.894. The van der Waals surface area contributed by atoms with Crippen molar-refractivity contribution in [3.8, 4) is 0 Å². The largest absolute Gasteiger partial charge is 0.340 e. The Morgan fingerprint density at radius 2 is 2.47 bits per heavy atom. The predicted molar refractivity (Wildman–Crippen MR) is 71.0 cm³/mol. The molecule has 4 heteroatoms. The van der Waals surface area contributed by atoms with Crippen molar-refractivity contribution in [2.45, 2.75) is 44.7 Å². The number of hydrogen-bond donors (Lipinski definition) is 1. The zero-order valence-electron chi connectivity index (χ0n) is 10.3. The lowest BCUT2D eigenvalue weighted by atomic mass is 9.98. The summed E-state index contributed by atoms with van der Waals surface area (Å²) in [5.74, 6) is 0.276. The third kappa shape index (κ3) is 3.30. The van der Waals surface area contributed by atoms with Crippen LogP contribution in [0.1, 0.15) is 31.1 Å². The number of carbonyl (C=O) groups excluding carboxylic acids is 1. The summed E-state index contributed by atoms with van der Waals surface area (Å²) < 4.78 is 0. The van der Waals surface area contributed by atoms with Gasteiger partial charge in [0, 0.05) is 29.9 Å². The molecule has 1 fully saturated rings. The van der Waals surface area contributed by atoms with E-state index < -0.39 is 0 Å². The summed E-state index contributed by atoms with van der Waals surface area (Å²) in [6.45, 7) is 2.92. The van der Waals surface area contributed by atoms with Gasteiger partial charge in [0.2, 0.25) is 5.91 Å². The fraction of sp³-hybridized carbons (Fsp3) is 0.615. The van der Waals surface area contributed by atoms with Gasteiger partial charge in [0.15, 0.2) is 0 Å². The molecule has 2 rings (SSSR count). The van der Waals surface area contributed by atoms with Gasteiger partial charge in [-0.15, -0.1) is 11.3 Å². The Labute approximate surface area is 107 Å². The summed E-state index contributed by atoms with van der Waals surface area (Å²) in [6.07, 6.45) is 3.37. The minimum Gasteiger partial charge on any atom is -0.340 e. The van der Waals surface area contributed by atoms with Crippen LogP contribution in [0.25, 0.3) is 0 Å². The first-order valence-corrected chi connectivity index (χ1v) is 7.12. The van der Waals surface area contributed by atoms with E-state index >= 15 is 0 Å². The highest BCUT2D eigenvalue weighted by Crippen LogP contribution is 2.18. The molecular formula is C13H20N2OS. The minimum atomic E-state index is 0.270. The number of aryl methyl sites for hydroxylation is 1. The fourth-order valence-corrected chi connectivity index (χ4v) is 3.12. The number of amides is 1. The van der Waals surface area contributed by atoms with Crippen molar-refractivity contribution in [2.24, 2.45) is 5.73 Å². The molecule has 1 aromatic heterocycles. The molecule has 1 saturated heterocycles. The summed E-state index contributed by atoms with van der Waals surface area (Å²) in [5, 5.41) is 2.06. The maximum absolute atomic E-state index is 12.1. The van der Waals surface area contributed by atoms with E-state index in [4.69, 9.17) is 5.73 Å². The first-order valence-electron chi connectivity index (χ1n) is 6.24. The molecule has 2 N–H and O–H groups in total. The summed E-state index contributed by atoms with van der Waals surface area (Å²) in [4.78, 5) is 15.4. The van der Waals surface area contributed by atoms with Crippen LogP contribution >= 0.6 is 11.3 Å². The van der Waals surface area contributed by atoms with Crippen LogP contribution in [-0.4, -0.2) is 29.4 Å². The van der Waals surface area contributed by atoms with Gasteiger partial charge >= 0.3 is 0 Å². The van der Waals surface area contributed by atoms with Gasteiger partial charge in [-0.2, -0.15) is 0 Å². The van der Waals surface area contributed by atoms with Crippen molar-refractivity contribution in [1.29, 1.82) is 0 Å². The number of rotatable bonds is 3. The normalized spacial score (nSPS) is 24.9. The van der Waals surface area contributed by atoms with E-state index in [1.165, 1.54) is 4.88 Å². The number of likely N-dealkylation sites (tertiary alicyclic amines) is 1. The van der Waals surface area contributed by atoms with Gasteiger partial charge in [-0.1, -0.05) is 6.07 Å². The van der Waals surface area contributed by atoms with E-state index in [1.54, 1.807) is 11.3 Å². The van der Waals surface area contributed by atoms with Gasteiger partial charge < -0.3 is 10.6 Å². The lowest BCUT2D eigenvalue weighted by molar-refractivity contribution is -0.134. The highest BCUT2D eigenvalue weighted by Gasteiger charge is 2.26. The van der Waals surface area contributed by atoms with Gasteiger partial charge in [0.05, 0.1) is 0 Å². The highest BCUT2D eigenvalue weighted by molar-refractivity contribution is 7.09. The van der Waals surface area contributed by atoms with E-state index in [9.17, 15) is 4.79 Å². The first kappa shape index (κ1) is 12.6. The van der Waals surface area contributed by atoms with Crippen LogP contribution in [0.2, 0.25) is 0 Å². The third-order valence-electron chi connectivity index (χ3n) is 3.40. The summed E-state index contributed by atoms with van der Waals surface area (Å²) in [5.41, 5.74) is 5.90. The molecular weight excluding hydrogens is 232 g/mol. The van der Waals surface area contributed by atoms with E-state index in [0.717, 1.165) is 25.8 Å². The Morgan fingerprint density at radius 1 is 1.65 bits per heavy atom.